The van der Waals surface area contributed by atoms with Crippen molar-refractivity contribution in [3.63, 3.8) is 0 Å². The van der Waals surface area contributed by atoms with E-state index in [1.807, 2.05) is 31.2 Å². The maximum atomic E-state index is 13.1. The number of carbonyl (C=O) groups is 2. The summed E-state index contributed by atoms with van der Waals surface area (Å²) in [6.07, 6.45) is 0.778. The van der Waals surface area contributed by atoms with E-state index in [1.54, 1.807) is 4.90 Å². The average molecular weight is 313 g/mol. The monoisotopic (exact) mass is 313 g/mol. The number of esters is 1. The van der Waals surface area contributed by atoms with Gasteiger partial charge in [-0.3, -0.25) is 4.79 Å². The number of amides is 1. The summed E-state index contributed by atoms with van der Waals surface area (Å²) in [7, 11) is 0. The quantitative estimate of drug-likeness (QED) is 0.819. The van der Waals surface area contributed by atoms with Crippen LogP contribution in [0.3, 0.4) is 0 Å². The normalized spacial score (nSPS) is 16.1. The van der Waals surface area contributed by atoms with Gasteiger partial charge >= 0.3 is 5.97 Å². The molecule has 0 saturated heterocycles. The highest BCUT2D eigenvalue weighted by molar-refractivity contribution is 5.99. The second-order valence-corrected chi connectivity index (χ2v) is 5.53. The fraction of sp³-hybridized carbons (Fsp3) is 0.222. The SMILES string of the molecule is CC1Cc2ccccc2N1C(=O)COC(=O)c1cccc(F)c1. The number of rotatable bonds is 3. The molecule has 5 heteroatoms. The minimum absolute atomic E-state index is 0.0211. The van der Waals surface area contributed by atoms with Gasteiger partial charge in [0.05, 0.1) is 5.56 Å². The third-order valence-corrected chi connectivity index (χ3v) is 3.86. The van der Waals surface area contributed by atoms with Crippen LogP contribution >= 0.6 is 0 Å². The molecule has 2 aromatic carbocycles. The van der Waals surface area contributed by atoms with E-state index in [-0.39, 0.29) is 24.1 Å². The van der Waals surface area contributed by atoms with Gasteiger partial charge in [-0.05, 0) is 43.2 Å². The molecule has 1 aliphatic rings. The van der Waals surface area contributed by atoms with Gasteiger partial charge in [0.25, 0.3) is 5.91 Å². The molecular formula is C18H16FNO3. The lowest BCUT2D eigenvalue weighted by Gasteiger charge is -2.22. The van der Waals surface area contributed by atoms with Crippen LogP contribution in [-0.4, -0.2) is 24.5 Å². The highest BCUT2D eigenvalue weighted by Crippen LogP contribution is 2.31. The molecule has 2 aromatic rings. The summed E-state index contributed by atoms with van der Waals surface area (Å²) < 4.78 is 18.1. The van der Waals surface area contributed by atoms with E-state index < -0.39 is 11.8 Å². The van der Waals surface area contributed by atoms with Crippen LogP contribution in [-0.2, 0) is 16.0 Å². The molecule has 0 spiro atoms. The molecule has 23 heavy (non-hydrogen) atoms. The minimum atomic E-state index is -0.710. The number of anilines is 1. The van der Waals surface area contributed by atoms with Crippen molar-refractivity contribution in [2.24, 2.45) is 0 Å². The average Bonchev–Trinajstić information content (AvgIpc) is 2.88. The number of fused-ring (bicyclic) bond motifs is 1. The van der Waals surface area contributed by atoms with Crippen molar-refractivity contribution in [2.45, 2.75) is 19.4 Å². The summed E-state index contributed by atoms with van der Waals surface area (Å²) in [6, 6.07) is 12.9. The fourth-order valence-electron chi connectivity index (χ4n) is 2.84. The Labute approximate surface area is 133 Å². The highest BCUT2D eigenvalue weighted by Gasteiger charge is 2.30. The van der Waals surface area contributed by atoms with Crippen molar-refractivity contribution < 1.29 is 18.7 Å². The first-order chi connectivity index (χ1) is 11.1. The number of carbonyl (C=O) groups excluding carboxylic acids is 2. The molecule has 3 rings (SSSR count). The summed E-state index contributed by atoms with van der Waals surface area (Å²) in [5.74, 6) is -1.52. The third kappa shape index (κ3) is 3.08. The van der Waals surface area contributed by atoms with Crippen LogP contribution in [0.4, 0.5) is 10.1 Å². The highest BCUT2D eigenvalue weighted by atomic mass is 19.1. The lowest BCUT2D eigenvalue weighted by molar-refractivity contribution is -0.122. The number of halogens is 1. The summed E-state index contributed by atoms with van der Waals surface area (Å²) in [5.41, 5.74) is 2.05. The Balaban J connectivity index is 1.67. The van der Waals surface area contributed by atoms with Crippen molar-refractivity contribution >= 4 is 17.6 Å². The van der Waals surface area contributed by atoms with Crippen LogP contribution in [0.2, 0.25) is 0 Å². The van der Waals surface area contributed by atoms with Gasteiger partial charge in [0.1, 0.15) is 5.82 Å². The molecule has 1 heterocycles. The molecule has 0 fully saturated rings. The molecule has 1 aliphatic heterocycles. The van der Waals surface area contributed by atoms with E-state index in [2.05, 4.69) is 0 Å². The van der Waals surface area contributed by atoms with Gasteiger partial charge in [-0.15, -0.1) is 0 Å². The maximum absolute atomic E-state index is 13.1. The Morgan fingerprint density at radius 3 is 2.78 bits per heavy atom. The molecule has 118 valence electrons. The van der Waals surface area contributed by atoms with E-state index in [9.17, 15) is 14.0 Å². The molecule has 1 atom stereocenters. The van der Waals surface area contributed by atoms with Crippen LogP contribution in [0, 0.1) is 5.82 Å². The Morgan fingerprint density at radius 2 is 2.00 bits per heavy atom. The summed E-state index contributed by atoms with van der Waals surface area (Å²) in [6.45, 7) is 1.58. The molecule has 0 saturated carbocycles. The van der Waals surface area contributed by atoms with Gasteiger partial charge in [0.2, 0.25) is 0 Å². The van der Waals surface area contributed by atoms with E-state index in [0.717, 1.165) is 23.7 Å². The van der Waals surface area contributed by atoms with Gasteiger partial charge in [0.15, 0.2) is 6.61 Å². The molecule has 0 N–H and O–H groups in total. The molecule has 0 radical (unpaired) electrons. The summed E-state index contributed by atoms with van der Waals surface area (Å²) in [5, 5.41) is 0. The van der Waals surface area contributed by atoms with Gasteiger partial charge < -0.3 is 9.64 Å². The van der Waals surface area contributed by atoms with Gasteiger partial charge in [-0.2, -0.15) is 0 Å². The van der Waals surface area contributed by atoms with Crippen molar-refractivity contribution in [3.8, 4) is 0 Å². The zero-order valence-electron chi connectivity index (χ0n) is 12.7. The first-order valence-electron chi connectivity index (χ1n) is 7.39. The number of benzene rings is 2. The summed E-state index contributed by atoms with van der Waals surface area (Å²) >= 11 is 0. The van der Waals surface area contributed by atoms with E-state index >= 15 is 0 Å². The maximum Gasteiger partial charge on any atom is 0.338 e. The van der Waals surface area contributed by atoms with Crippen LogP contribution < -0.4 is 4.90 Å². The number of ether oxygens (including phenoxy) is 1. The Kier molecular flexibility index (Phi) is 4.10. The standard InChI is InChI=1S/C18H16FNO3/c1-12-9-13-5-2-3-8-16(13)20(12)17(21)11-23-18(22)14-6-4-7-15(19)10-14/h2-8,10,12H,9,11H2,1H3. The van der Waals surface area contributed by atoms with Gasteiger partial charge in [0, 0.05) is 11.7 Å². The molecule has 1 unspecified atom stereocenters. The third-order valence-electron chi connectivity index (χ3n) is 3.86. The van der Waals surface area contributed by atoms with Crippen molar-refractivity contribution in [3.05, 3.63) is 65.5 Å². The lowest BCUT2D eigenvalue weighted by atomic mass is 10.1. The summed E-state index contributed by atoms with van der Waals surface area (Å²) in [4.78, 5) is 25.9. The molecule has 0 aromatic heterocycles. The van der Waals surface area contributed by atoms with Crippen molar-refractivity contribution in [1.82, 2.24) is 0 Å². The smallest absolute Gasteiger partial charge is 0.338 e. The first kappa shape index (κ1) is 15.2. The number of hydrogen-bond donors (Lipinski definition) is 0. The fourth-order valence-corrected chi connectivity index (χ4v) is 2.84. The largest absolute Gasteiger partial charge is 0.452 e. The second kappa shape index (κ2) is 6.20. The van der Waals surface area contributed by atoms with Gasteiger partial charge in [-0.1, -0.05) is 24.3 Å². The lowest BCUT2D eigenvalue weighted by Crippen LogP contribution is -2.38. The predicted octanol–water partition coefficient (Wildman–Crippen LogP) is 2.96. The number of hydrogen-bond acceptors (Lipinski definition) is 3. The van der Waals surface area contributed by atoms with Crippen LogP contribution in [0.25, 0.3) is 0 Å². The molecule has 1 amide bonds. The Morgan fingerprint density at radius 1 is 1.22 bits per heavy atom. The topological polar surface area (TPSA) is 46.6 Å². The van der Waals surface area contributed by atoms with E-state index in [1.165, 1.54) is 18.2 Å². The molecule has 0 aliphatic carbocycles. The van der Waals surface area contributed by atoms with Gasteiger partial charge in [-0.25, -0.2) is 9.18 Å². The predicted molar refractivity (Wildman–Crippen MR) is 83.8 cm³/mol. The van der Waals surface area contributed by atoms with Crippen LogP contribution in [0.1, 0.15) is 22.8 Å². The zero-order valence-corrected chi connectivity index (χ0v) is 12.7. The zero-order chi connectivity index (χ0) is 16.4. The Hall–Kier alpha value is -2.69. The number of nitrogens with zero attached hydrogens (tertiary/aromatic N) is 1. The second-order valence-electron chi connectivity index (χ2n) is 5.53. The van der Waals surface area contributed by atoms with Crippen molar-refractivity contribution in [1.29, 1.82) is 0 Å². The van der Waals surface area contributed by atoms with E-state index in [0.29, 0.717) is 0 Å². The van der Waals surface area contributed by atoms with E-state index in [4.69, 9.17) is 4.74 Å². The number of para-hydroxylation sites is 1. The van der Waals surface area contributed by atoms with Crippen LogP contribution in [0.5, 0.6) is 0 Å². The van der Waals surface area contributed by atoms with Crippen LogP contribution in [0.15, 0.2) is 48.5 Å². The molecule has 4 nitrogen and oxygen atoms in total. The first-order valence-corrected chi connectivity index (χ1v) is 7.39. The molecule has 0 bridgehead atoms. The minimum Gasteiger partial charge on any atom is -0.452 e. The van der Waals surface area contributed by atoms with Crippen molar-refractivity contribution in [2.75, 3.05) is 11.5 Å². The molecular weight excluding hydrogens is 297 g/mol. The Bertz CT molecular complexity index is 759.